The third-order valence-corrected chi connectivity index (χ3v) is 2.33. The SMILES string of the molecule is CCNCC(=O)N(C)Cc1ccoc1C. The number of nitrogens with zero attached hydrogens (tertiary/aromatic N) is 1. The van der Waals surface area contributed by atoms with Gasteiger partial charge in [0.25, 0.3) is 0 Å². The number of carbonyl (C=O) groups is 1. The van der Waals surface area contributed by atoms with Crippen molar-refractivity contribution in [1.82, 2.24) is 10.2 Å². The summed E-state index contributed by atoms with van der Waals surface area (Å²) in [6, 6.07) is 1.90. The third-order valence-electron chi connectivity index (χ3n) is 2.33. The normalized spacial score (nSPS) is 10.3. The molecule has 0 atom stereocenters. The molecule has 0 bridgehead atoms. The summed E-state index contributed by atoms with van der Waals surface area (Å²) in [7, 11) is 1.80. The van der Waals surface area contributed by atoms with Crippen LogP contribution in [0.4, 0.5) is 0 Å². The summed E-state index contributed by atoms with van der Waals surface area (Å²) in [5.41, 5.74) is 1.06. The Bertz CT molecular complexity index is 320. The van der Waals surface area contributed by atoms with Gasteiger partial charge in [-0.05, 0) is 19.5 Å². The van der Waals surface area contributed by atoms with E-state index in [0.717, 1.165) is 17.9 Å². The molecule has 1 N–H and O–H groups in total. The maximum atomic E-state index is 11.6. The highest BCUT2D eigenvalue weighted by Gasteiger charge is 2.10. The molecule has 1 rings (SSSR count). The van der Waals surface area contributed by atoms with Crippen molar-refractivity contribution in [3.63, 3.8) is 0 Å². The molecule has 15 heavy (non-hydrogen) atoms. The summed E-state index contributed by atoms with van der Waals surface area (Å²) >= 11 is 0. The second-order valence-corrected chi connectivity index (χ2v) is 3.53. The lowest BCUT2D eigenvalue weighted by Gasteiger charge is -2.16. The summed E-state index contributed by atoms with van der Waals surface area (Å²) < 4.78 is 5.17. The van der Waals surface area contributed by atoms with Gasteiger partial charge < -0.3 is 14.6 Å². The van der Waals surface area contributed by atoms with Crippen LogP contribution in [0.15, 0.2) is 16.7 Å². The topological polar surface area (TPSA) is 45.5 Å². The lowest BCUT2D eigenvalue weighted by atomic mass is 10.2. The summed E-state index contributed by atoms with van der Waals surface area (Å²) in [4.78, 5) is 13.3. The first kappa shape index (κ1) is 11.8. The molecule has 0 aliphatic heterocycles. The molecule has 1 amide bonds. The molecule has 0 aliphatic rings. The van der Waals surface area contributed by atoms with Gasteiger partial charge in [0.15, 0.2) is 0 Å². The molecule has 0 spiro atoms. The van der Waals surface area contributed by atoms with Crippen LogP contribution in [0.25, 0.3) is 0 Å². The lowest BCUT2D eigenvalue weighted by Crippen LogP contribution is -2.35. The zero-order valence-electron chi connectivity index (χ0n) is 9.54. The van der Waals surface area contributed by atoms with Crippen LogP contribution in [-0.2, 0) is 11.3 Å². The van der Waals surface area contributed by atoms with Crippen LogP contribution in [0.1, 0.15) is 18.2 Å². The standard InChI is InChI=1S/C11H18N2O2/c1-4-12-7-11(14)13(3)8-10-5-6-15-9(10)2/h5-6,12H,4,7-8H2,1-3H3. The Labute approximate surface area is 90.3 Å². The summed E-state index contributed by atoms with van der Waals surface area (Å²) in [6.07, 6.45) is 1.65. The van der Waals surface area contributed by atoms with Crippen molar-refractivity contribution < 1.29 is 9.21 Å². The number of amides is 1. The molecule has 0 radical (unpaired) electrons. The van der Waals surface area contributed by atoms with Gasteiger partial charge in [0.1, 0.15) is 5.76 Å². The van der Waals surface area contributed by atoms with Crippen LogP contribution in [-0.4, -0.2) is 30.9 Å². The second kappa shape index (κ2) is 5.56. The molecule has 0 unspecified atom stereocenters. The average Bonchev–Trinajstić information content (AvgIpc) is 2.61. The molecule has 4 nitrogen and oxygen atoms in total. The molecule has 84 valence electrons. The molecule has 1 aromatic heterocycles. The first-order valence-electron chi connectivity index (χ1n) is 5.12. The van der Waals surface area contributed by atoms with E-state index >= 15 is 0 Å². The van der Waals surface area contributed by atoms with Gasteiger partial charge in [-0.25, -0.2) is 0 Å². The Balaban J connectivity index is 2.45. The molecule has 0 saturated carbocycles. The highest BCUT2D eigenvalue weighted by atomic mass is 16.3. The molecule has 1 aromatic rings. The third kappa shape index (κ3) is 3.40. The average molecular weight is 210 g/mol. The number of furan rings is 1. The monoisotopic (exact) mass is 210 g/mol. The van der Waals surface area contributed by atoms with Gasteiger partial charge in [-0.2, -0.15) is 0 Å². The van der Waals surface area contributed by atoms with Gasteiger partial charge in [0, 0.05) is 19.2 Å². The minimum atomic E-state index is 0.0949. The van der Waals surface area contributed by atoms with Crippen molar-refractivity contribution in [1.29, 1.82) is 0 Å². The Kier molecular flexibility index (Phi) is 4.37. The van der Waals surface area contributed by atoms with Crippen LogP contribution in [0, 0.1) is 6.92 Å². The van der Waals surface area contributed by atoms with E-state index in [1.54, 1.807) is 18.2 Å². The Hall–Kier alpha value is -1.29. The quantitative estimate of drug-likeness (QED) is 0.793. The summed E-state index contributed by atoms with van der Waals surface area (Å²) in [6.45, 7) is 5.69. The predicted octanol–water partition coefficient (Wildman–Crippen LogP) is 1.16. The maximum Gasteiger partial charge on any atom is 0.236 e. The number of likely N-dealkylation sites (N-methyl/N-ethyl adjacent to an activating group) is 2. The molecular weight excluding hydrogens is 192 g/mol. The van der Waals surface area contributed by atoms with Gasteiger partial charge in [0.05, 0.1) is 12.8 Å². The molecule has 1 heterocycles. The Morgan fingerprint density at radius 2 is 2.33 bits per heavy atom. The zero-order chi connectivity index (χ0) is 11.3. The van der Waals surface area contributed by atoms with Crippen LogP contribution >= 0.6 is 0 Å². The van der Waals surface area contributed by atoms with E-state index in [4.69, 9.17) is 4.42 Å². The van der Waals surface area contributed by atoms with Crippen molar-refractivity contribution in [2.45, 2.75) is 20.4 Å². The molecule has 0 aliphatic carbocycles. The van der Waals surface area contributed by atoms with E-state index in [1.807, 2.05) is 19.9 Å². The van der Waals surface area contributed by atoms with Crippen molar-refractivity contribution in [3.05, 3.63) is 23.7 Å². The van der Waals surface area contributed by atoms with Crippen LogP contribution < -0.4 is 5.32 Å². The fraction of sp³-hybridized carbons (Fsp3) is 0.545. The summed E-state index contributed by atoms with van der Waals surface area (Å²) in [5, 5.41) is 3.01. The molecule has 0 fully saturated rings. The van der Waals surface area contributed by atoms with Crippen LogP contribution in [0.3, 0.4) is 0 Å². The first-order valence-corrected chi connectivity index (χ1v) is 5.12. The fourth-order valence-corrected chi connectivity index (χ4v) is 1.29. The smallest absolute Gasteiger partial charge is 0.236 e. The largest absolute Gasteiger partial charge is 0.469 e. The first-order chi connectivity index (χ1) is 7.15. The van der Waals surface area contributed by atoms with Gasteiger partial charge in [-0.3, -0.25) is 4.79 Å². The van der Waals surface area contributed by atoms with E-state index < -0.39 is 0 Å². The predicted molar refractivity (Wildman–Crippen MR) is 58.5 cm³/mol. The van der Waals surface area contributed by atoms with Crippen molar-refractivity contribution in [2.75, 3.05) is 20.1 Å². The van der Waals surface area contributed by atoms with Gasteiger partial charge in [-0.1, -0.05) is 6.92 Å². The minimum absolute atomic E-state index is 0.0949. The minimum Gasteiger partial charge on any atom is -0.469 e. The molecular formula is C11H18N2O2. The number of hydrogen-bond donors (Lipinski definition) is 1. The molecule has 0 saturated heterocycles. The van der Waals surface area contributed by atoms with Gasteiger partial charge >= 0.3 is 0 Å². The lowest BCUT2D eigenvalue weighted by molar-refractivity contribution is -0.129. The number of aryl methyl sites for hydroxylation is 1. The van der Waals surface area contributed by atoms with Gasteiger partial charge in [-0.15, -0.1) is 0 Å². The fourth-order valence-electron chi connectivity index (χ4n) is 1.29. The zero-order valence-corrected chi connectivity index (χ0v) is 9.54. The maximum absolute atomic E-state index is 11.6. The number of nitrogens with one attached hydrogen (secondary N) is 1. The number of carbonyl (C=O) groups excluding carboxylic acids is 1. The van der Waals surface area contributed by atoms with E-state index in [1.165, 1.54) is 0 Å². The van der Waals surface area contributed by atoms with Crippen LogP contribution in [0.5, 0.6) is 0 Å². The number of rotatable bonds is 5. The molecule has 0 aromatic carbocycles. The van der Waals surface area contributed by atoms with E-state index in [-0.39, 0.29) is 5.91 Å². The number of hydrogen-bond acceptors (Lipinski definition) is 3. The van der Waals surface area contributed by atoms with E-state index in [2.05, 4.69) is 5.32 Å². The summed E-state index contributed by atoms with van der Waals surface area (Å²) in [5.74, 6) is 0.968. The highest BCUT2D eigenvalue weighted by molar-refractivity contribution is 5.77. The van der Waals surface area contributed by atoms with E-state index in [9.17, 15) is 4.79 Å². The van der Waals surface area contributed by atoms with Crippen molar-refractivity contribution >= 4 is 5.91 Å². The van der Waals surface area contributed by atoms with E-state index in [0.29, 0.717) is 13.1 Å². The van der Waals surface area contributed by atoms with Crippen molar-refractivity contribution in [3.8, 4) is 0 Å². The highest BCUT2D eigenvalue weighted by Crippen LogP contribution is 2.10. The molecule has 4 heteroatoms. The van der Waals surface area contributed by atoms with Crippen molar-refractivity contribution in [2.24, 2.45) is 0 Å². The van der Waals surface area contributed by atoms with Crippen LogP contribution in [0.2, 0.25) is 0 Å². The Morgan fingerprint density at radius 1 is 1.60 bits per heavy atom. The Morgan fingerprint density at radius 3 is 2.87 bits per heavy atom. The van der Waals surface area contributed by atoms with Gasteiger partial charge in [0.2, 0.25) is 5.91 Å². The second-order valence-electron chi connectivity index (χ2n) is 3.53.